The van der Waals surface area contributed by atoms with Crippen molar-refractivity contribution < 1.29 is 4.74 Å². The lowest BCUT2D eigenvalue weighted by molar-refractivity contribution is 0.289. The van der Waals surface area contributed by atoms with Crippen molar-refractivity contribution in [3.8, 4) is 0 Å². The van der Waals surface area contributed by atoms with Gasteiger partial charge in [-0.2, -0.15) is 0 Å². The lowest BCUT2D eigenvalue weighted by Crippen LogP contribution is -2.16. The Morgan fingerprint density at radius 1 is 1.15 bits per heavy atom. The number of rotatable bonds is 1. The Balaban J connectivity index is 1.94. The molecule has 1 saturated heterocycles. The molecule has 0 radical (unpaired) electrons. The van der Waals surface area contributed by atoms with Crippen LogP contribution in [-0.2, 0) is 10.3 Å². The summed E-state index contributed by atoms with van der Waals surface area (Å²) in [7, 11) is 0. The van der Waals surface area contributed by atoms with E-state index < -0.39 is 0 Å². The third-order valence-electron chi connectivity index (χ3n) is 3.34. The van der Waals surface area contributed by atoms with E-state index >= 15 is 0 Å². The minimum Gasteiger partial charge on any atom is -0.361 e. The maximum absolute atomic E-state index is 5.85. The minimum absolute atomic E-state index is 0.138. The molecule has 0 aromatic heterocycles. The molecule has 0 spiro atoms. The van der Waals surface area contributed by atoms with Crippen LogP contribution in [0.15, 0.2) is 30.3 Å². The van der Waals surface area contributed by atoms with Gasteiger partial charge in [0, 0.05) is 0 Å². The van der Waals surface area contributed by atoms with Crippen LogP contribution in [0.3, 0.4) is 0 Å². The van der Waals surface area contributed by atoms with E-state index in [-0.39, 0.29) is 5.60 Å². The van der Waals surface area contributed by atoms with Crippen molar-refractivity contribution >= 4 is 0 Å². The minimum atomic E-state index is 0.138. The topological polar surface area (TPSA) is 12.5 Å². The summed E-state index contributed by atoms with van der Waals surface area (Å²) in [6.07, 6.45) is 5.69. The van der Waals surface area contributed by atoms with Gasteiger partial charge >= 0.3 is 0 Å². The molecular weight excluding hydrogens is 160 g/mol. The fourth-order valence-corrected chi connectivity index (χ4v) is 2.57. The van der Waals surface area contributed by atoms with E-state index in [2.05, 4.69) is 30.3 Å². The Bertz CT molecular complexity index is 306. The van der Waals surface area contributed by atoms with E-state index in [1.54, 1.807) is 0 Å². The molecule has 0 unspecified atom stereocenters. The molecule has 1 aromatic carbocycles. The zero-order chi connectivity index (χ0) is 8.73. The first kappa shape index (κ1) is 7.57. The predicted octanol–water partition coefficient (Wildman–Crippen LogP) is 2.85. The molecule has 2 aliphatic rings. The molecule has 1 aliphatic carbocycles. The zero-order valence-corrected chi connectivity index (χ0v) is 7.70. The molecule has 13 heavy (non-hydrogen) atoms. The van der Waals surface area contributed by atoms with Crippen molar-refractivity contribution in [2.75, 3.05) is 0 Å². The maximum Gasteiger partial charge on any atom is 0.120 e. The number of benzene rings is 1. The molecule has 0 amide bonds. The van der Waals surface area contributed by atoms with Crippen molar-refractivity contribution in [2.24, 2.45) is 0 Å². The number of epoxide rings is 1. The molecule has 2 fully saturated rings. The predicted molar refractivity (Wildman–Crippen MR) is 51.5 cm³/mol. The highest BCUT2D eigenvalue weighted by Gasteiger charge is 2.57. The maximum atomic E-state index is 5.85. The van der Waals surface area contributed by atoms with Crippen molar-refractivity contribution in [2.45, 2.75) is 37.4 Å². The van der Waals surface area contributed by atoms with E-state index in [0.29, 0.717) is 6.10 Å². The Morgan fingerprint density at radius 2 is 2.00 bits per heavy atom. The second kappa shape index (κ2) is 2.58. The smallest absolute Gasteiger partial charge is 0.120 e. The molecule has 2 atom stereocenters. The molecule has 1 aliphatic heterocycles. The fourth-order valence-electron chi connectivity index (χ4n) is 2.57. The second-order valence-corrected chi connectivity index (χ2v) is 4.11. The van der Waals surface area contributed by atoms with Crippen LogP contribution in [-0.4, -0.2) is 6.10 Å². The molecule has 3 rings (SSSR count). The quantitative estimate of drug-likeness (QED) is 0.596. The molecule has 68 valence electrons. The zero-order valence-electron chi connectivity index (χ0n) is 7.70. The Kier molecular flexibility index (Phi) is 1.50. The molecule has 1 saturated carbocycles. The number of ether oxygens (including phenoxy) is 1. The standard InChI is InChI=1S/C12H14O/c1-2-6-10(7-3-1)12-9-5-4-8-11(12)13-12/h1-3,6-7,11H,4-5,8-9H2/t11-,12-/m0/s1. The molecule has 1 aromatic rings. The monoisotopic (exact) mass is 174 g/mol. The van der Waals surface area contributed by atoms with Crippen LogP contribution in [0, 0.1) is 0 Å². The third-order valence-corrected chi connectivity index (χ3v) is 3.34. The van der Waals surface area contributed by atoms with Crippen LogP contribution in [0.2, 0.25) is 0 Å². The highest BCUT2D eigenvalue weighted by atomic mass is 16.6. The van der Waals surface area contributed by atoms with Crippen LogP contribution in [0.5, 0.6) is 0 Å². The largest absolute Gasteiger partial charge is 0.361 e. The average Bonchev–Trinajstić information content (AvgIpc) is 2.94. The van der Waals surface area contributed by atoms with Gasteiger partial charge in [0.1, 0.15) is 5.60 Å². The average molecular weight is 174 g/mol. The summed E-state index contributed by atoms with van der Waals surface area (Å²) >= 11 is 0. The van der Waals surface area contributed by atoms with Crippen molar-refractivity contribution in [1.82, 2.24) is 0 Å². The molecular formula is C12H14O. The van der Waals surface area contributed by atoms with Crippen LogP contribution in [0.25, 0.3) is 0 Å². The van der Waals surface area contributed by atoms with Crippen molar-refractivity contribution in [3.63, 3.8) is 0 Å². The van der Waals surface area contributed by atoms with E-state index in [1.807, 2.05) is 0 Å². The van der Waals surface area contributed by atoms with Crippen LogP contribution in [0.4, 0.5) is 0 Å². The highest BCUT2D eigenvalue weighted by molar-refractivity contribution is 5.29. The summed E-state index contributed by atoms with van der Waals surface area (Å²) in [4.78, 5) is 0. The van der Waals surface area contributed by atoms with E-state index in [4.69, 9.17) is 4.74 Å². The van der Waals surface area contributed by atoms with Gasteiger partial charge in [-0.15, -0.1) is 0 Å². The first-order valence-corrected chi connectivity index (χ1v) is 5.15. The molecule has 1 heterocycles. The second-order valence-electron chi connectivity index (χ2n) is 4.11. The normalized spacial score (nSPS) is 36.8. The van der Waals surface area contributed by atoms with E-state index in [0.717, 1.165) is 0 Å². The summed E-state index contributed by atoms with van der Waals surface area (Å²) in [6.45, 7) is 0. The molecule has 1 nitrogen and oxygen atoms in total. The van der Waals surface area contributed by atoms with Crippen LogP contribution < -0.4 is 0 Å². The van der Waals surface area contributed by atoms with Gasteiger partial charge < -0.3 is 4.74 Å². The number of hydrogen-bond donors (Lipinski definition) is 0. The van der Waals surface area contributed by atoms with Gasteiger partial charge in [0.05, 0.1) is 6.10 Å². The molecule has 1 heteroatoms. The van der Waals surface area contributed by atoms with Crippen LogP contribution >= 0.6 is 0 Å². The molecule has 0 N–H and O–H groups in total. The van der Waals surface area contributed by atoms with Gasteiger partial charge in [-0.3, -0.25) is 0 Å². The SMILES string of the molecule is c1ccc([C@@]23CCCC[C@@H]2O3)cc1. The highest BCUT2D eigenvalue weighted by Crippen LogP contribution is 2.54. The fraction of sp³-hybridized carbons (Fsp3) is 0.500. The lowest BCUT2D eigenvalue weighted by atomic mass is 9.84. The number of fused-ring (bicyclic) bond motifs is 1. The van der Waals surface area contributed by atoms with E-state index in [9.17, 15) is 0 Å². The summed E-state index contributed by atoms with van der Waals surface area (Å²) in [5.41, 5.74) is 1.53. The van der Waals surface area contributed by atoms with Gasteiger partial charge in [-0.25, -0.2) is 0 Å². The van der Waals surface area contributed by atoms with Gasteiger partial charge in [0.2, 0.25) is 0 Å². The van der Waals surface area contributed by atoms with Gasteiger partial charge in [0.25, 0.3) is 0 Å². The van der Waals surface area contributed by atoms with Crippen LogP contribution in [0.1, 0.15) is 31.2 Å². The lowest BCUT2D eigenvalue weighted by Gasteiger charge is -2.17. The van der Waals surface area contributed by atoms with Gasteiger partial charge in [-0.1, -0.05) is 43.2 Å². The Hall–Kier alpha value is -0.820. The van der Waals surface area contributed by atoms with E-state index in [1.165, 1.54) is 31.2 Å². The van der Waals surface area contributed by atoms with Gasteiger partial charge in [-0.05, 0) is 18.4 Å². The first-order chi connectivity index (χ1) is 6.42. The summed E-state index contributed by atoms with van der Waals surface area (Å²) in [5.74, 6) is 0. The summed E-state index contributed by atoms with van der Waals surface area (Å²) < 4.78 is 5.85. The third kappa shape index (κ3) is 1.03. The first-order valence-electron chi connectivity index (χ1n) is 5.15. The van der Waals surface area contributed by atoms with Gasteiger partial charge in [0.15, 0.2) is 0 Å². The summed E-state index contributed by atoms with van der Waals surface area (Å²) in [6, 6.07) is 10.7. The number of hydrogen-bond acceptors (Lipinski definition) is 1. The molecule has 0 bridgehead atoms. The summed E-state index contributed by atoms with van der Waals surface area (Å²) in [5, 5.41) is 0. The Labute approximate surface area is 78.7 Å². The van der Waals surface area contributed by atoms with Crippen molar-refractivity contribution in [1.29, 1.82) is 0 Å². The van der Waals surface area contributed by atoms with Crippen molar-refractivity contribution in [3.05, 3.63) is 35.9 Å². The Morgan fingerprint density at radius 3 is 2.77 bits per heavy atom.